The molecule has 0 fully saturated rings. The average Bonchev–Trinajstić information content (AvgIpc) is 3.29. The summed E-state index contributed by atoms with van der Waals surface area (Å²) >= 11 is 5.95. The standard InChI is InChI=1S/C21H17ClFN7O/c1-13(19-11-24-4-5-25-19)29-21(31)15-6-14(18-3-2-16(22)10-26-18)7-17(8-15)30-20(9-23)27-12-28-30/h2-8,10-13H,9H2,1H3,(H,29,31). The summed E-state index contributed by atoms with van der Waals surface area (Å²) in [4.78, 5) is 29.5. The predicted molar refractivity (Wildman–Crippen MR) is 112 cm³/mol. The molecule has 0 bridgehead atoms. The molecule has 4 rings (SSSR count). The lowest BCUT2D eigenvalue weighted by Gasteiger charge is -2.15. The normalized spacial score (nSPS) is 11.8. The minimum Gasteiger partial charge on any atom is -0.344 e. The Morgan fingerprint density at radius 3 is 2.74 bits per heavy atom. The van der Waals surface area contributed by atoms with Gasteiger partial charge in [-0.15, -0.1) is 0 Å². The maximum Gasteiger partial charge on any atom is 0.251 e. The summed E-state index contributed by atoms with van der Waals surface area (Å²) in [6.07, 6.45) is 7.49. The van der Waals surface area contributed by atoms with Gasteiger partial charge in [0.15, 0.2) is 5.82 Å². The van der Waals surface area contributed by atoms with Crippen LogP contribution in [0.25, 0.3) is 16.9 Å². The number of nitrogens with zero attached hydrogens (tertiary/aromatic N) is 6. The van der Waals surface area contributed by atoms with Crippen molar-refractivity contribution >= 4 is 17.5 Å². The monoisotopic (exact) mass is 437 g/mol. The second kappa shape index (κ2) is 8.97. The van der Waals surface area contributed by atoms with Crippen LogP contribution >= 0.6 is 11.6 Å². The Hall–Kier alpha value is -3.72. The summed E-state index contributed by atoms with van der Waals surface area (Å²) in [5, 5.41) is 7.48. The SMILES string of the molecule is CC(NC(=O)c1cc(-c2ccc(Cl)cn2)cc(-n2ncnc2CF)c1)c1cnccn1. The third-order valence-electron chi connectivity index (χ3n) is 4.56. The number of halogens is 2. The molecule has 0 radical (unpaired) electrons. The number of carbonyl (C=O) groups is 1. The molecule has 1 N–H and O–H groups in total. The number of hydrogen-bond acceptors (Lipinski definition) is 6. The third-order valence-corrected chi connectivity index (χ3v) is 4.78. The fraction of sp³-hybridized carbons (Fsp3) is 0.143. The highest BCUT2D eigenvalue weighted by Crippen LogP contribution is 2.25. The summed E-state index contributed by atoms with van der Waals surface area (Å²) in [5.74, 6) is -0.211. The van der Waals surface area contributed by atoms with Crippen LogP contribution in [0.15, 0.2) is 61.4 Å². The number of aromatic nitrogens is 6. The average molecular weight is 438 g/mol. The van der Waals surface area contributed by atoms with Gasteiger partial charge in [0, 0.05) is 29.7 Å². The topological polar surface area (TPSA) is 98.5 Å². The smallest absolute Gasteiger partial charge is 0.251 e. The summed E-state index contributed by atoms with van der Waals surface area (Å²) in [6.45, 7) is 1.01. The maximum absolute atomic E-state index is 13.3. The van der Waals surface area contributed by atoms with Gasteiger partial charge in [-0.05, 0) is 37.3 Å². The number of carbonyl (C=O) groups excluding carboxylic acids is 1. The van der Waals surface area contributed by atoms with Crippen LogP contribution in [-0.4, -0.2) is 35.6 Å². The van der Waals surface area contributed by atoms with E-state index in [4.69, 9.17) is 11.6 Å². The zero-order chi connectivity index (χ0) is 21.8. The van der Waals surface area contributed by atoms with Crippen LogP contribution in [0.5, 0.6) is 0 Å². The highest BCUT2D eigenvalue weighted by molar-refractivity contribution is 6.30. The zero-order valence-electron chi connectivity index (χ0n) is 16.4. The van der Waals surface area contributed by atoms with Crippen molar-refractivity contribution in [1.82, 2.24) is 35.0 Å². The van der Waals surface area contributed by atoms with E-state index in [-0.39, 0.29) is 17.8 Å². The number of amides is 1. The van der Waals surface area contributed by atoms with E-state index in [1.807, 2.05) is 6.92 Å². The van der Waals surface area contributed by atoms with Gasteiger partial charge in [0.2, 0.25) is 0 Å². The molecule has 0 saturated heterocycles. The molecule has 3 heterocycles. The molecule has 3 aromatic heterocycles. The Bertz CT molecular complexity index is 1200. The van der Waals surface area contributed by atoms with E-state index in [0.717, 1.165) is 0 Å². The van der Waals surface area contributed by atoms with Crippen molar-refractivity contribution in [2.45, 2.75) is 19.6 Å². The molecule has 0 aliphatic rings. The quantitative estimate of drug-likeness (QED) is 0.493. The first-order valence-electron chi connectivity index (χ1n) is 9.34. The highest BCUT2D eigenvalue weighted by atomic mass is 35.5. The minimum absolute atomic E-state index is 0.125. The molecular weight excluding hydrogens is 421 g/mol. The minimum atomic E-state index is -0.797. The van der Waals surface area contributed by atoms with Crippen molar-refractivity contribution in [2.75, 3.05) is 0 Å². The Morgan fingerprint density at radius 1 is 1.16 bits per heavy atom. The fourth-order valence-electron chi connectivity index (χ4n) is 3.02. The van der Waals surface area contributed by atoms with Gasteiger partial charge in [0.05, 0.1) is 34.3 Å². The second-order valence-electron chi connectivity index (χ2n) is 6.68. The van der Waals surface area contributed by atoms with Gasteiger partial charge >= 0.3 is 0 Å². The van der Waals surface area contributed by atoms with Gasteiger partial charge in [-0.25, -0.2) is 14.1 Å². The molecule has 10 heteroatoms. The van der Waals surface area contributed by atoms with E-state index in [9.17, 15) is 9.18 Å². The van der Waals surface area contributed by atoms with E-state index in [2.05, 4.69) is 30.4 Å². The van der Waals surface area contributed by atoms with E-state index < -0.39 is 6.67 Å². The fourth-order valence-corrected chi connectivity index (χ4v) is 3.13. The number of hydrogen-bond donors (Lipinski definition) is 1. The van der Waals surface area contributed by atoms with Crippen molar-refractivity contribution < 1.29 is 9.18 Å². The van der Waals surface area contributed by atoms with Gasteiger partial charge in [-0.2, -0.15) is 5.10 Å². The Morgan fingerprint density at radius 2 is 2.03 bits per heavy atom. The lowest BCUT2D eigenvalue weighted by Crippen LogP contribution is -2.27. The summed E-state index contributed by atoms with van der Waals surface area (Å²) in [6, 6.07) is 8.15. The van der Waals surface area contributed by atoms with Gasteiger partial charge in [0.25, 0.3) is 5.91 Å². The number of pyridine rings is 1. The molecule has 1 amide bonds. The number of benzene rings is 1. The first kappa shape index (κ1) is 20.5. The molecule has 31 heavy (non-hydrogen) atoms. The maximum atomic E-state index is 13.3. The van der Waals surface area contributed by atoms with Crippen LogP contribution in [-0.2, 0) is 6.67 Å². The molecule has 0 aliphatic carbocycles. The van der Waals surface area contributed by atoms with Crippen LogP contribution in [0.2, 0.25) is 5.02 Å². The largest absolute Gasteiger partial charge is 0.344 e. The molecule has 8 nitrogen and oxygen atoms in total. The number of nitrogens with one attached hydrogen (secondary N) is 1. The highest BCUT2D eigenvalue weighted by Gasteiger charge is 2.17. The van der Waals surface area contributed by atoms with Crippen LogP contribution in [0.1, 0.15) is 34.8 Å². The van der Waals surface area contributed by atoms with Crippen molar-refractivity contribution in [2.24, 2.45) is 0 Å². The molecule has 156 valence electrons. The van der Waals surface area contributed by atoms with E-state index >= 15 is 0 Å². The van der Waals surface area contributed by atoms with Crippen molar-refractivity contribution in [1.29, 1.82) is 0 Å². The van der Waals surface area contributed by atoms with Crippen LogP contribution in [0.3, 0.4) is 0 Å². The molecule has 0 spiro atoms. The van der Waals surface area contributed by atoms with E-state index in [1.54, 1.807) is 48.9 Å². The molecule has 0 aliphatic heterocycles. The molecule has 1 atom stereocenters. The van der Waals surface area contributed by atoms with Crippen LogP contribution in [0.4, 0.5) is 4.39 Å². The summed E-state index contributed by atoms with van der Waals surface area (Å²) < 4.78 is 14.7. The van der Waals surface area contributed by atoms with Crippen molar-refractivity contribution in [3.05, 3.63) is 83.6 Å². The van der Waals surface area contributed by atoms with Gasteiger partial charge in [-0.1, -0.05) is 11.6 Å². The molecule has 0 saturated carbocycles. The van der Waals surface area contributed by atoms with E-state index in [0.29, 0.717) is 33.2 Å². The Kier molecular flexibility index (Phi) is 5.94. The number of alkyl halides is 1. The van der Waals surface area contributed by atoms with Gasteiger partial charge in [0.1, 0.15) is 13.0 Å². The third kappa shape index (κ3) is 4.56. The Balaban J connectivity index is 1.74. The summed E-state index contributed by atoms with van der Waals surface area (Å²) in [5.41, 5.74) is 2.70. The second-order valence-corrected chi connectivity index (χ2v) is 7.11. The first-order chi connectivity index (χ1) is 15.0. The first-order valence-corrected chi connectivity index (χ1v) is 9.72. The molecule has 4 aromatic rings. The predicted octanol–water partition coefficient (Wildman–Crippen LogP) is 3.73. The van der Waals surface area contributed by atoms with Crippen molar-refractivity contribution in [3.8, 4) is 16.9 Å². The van der Waals surface area contributed by atoms with E-state index in [1.165, 1.54) is 17.2 Å². The van der Waals surface area contributed by atoms with Gasteiger partial charge < -0.3 is 5.32 Å². The molecule has 1 aromatic carbocycles. The number of rotatable bonds is 6. The molecule has 1 unspecified atom stereocenters. The lowest BCUT2D eigenvalue weighted by atomic mass is 10.0. The van der Waals surface area contributed by atoms with Crippen LogP contribution < -0.4 is 5.32 Å². The lowest BCUT2D eigenvalue weighted by molar-refractivity contribution is 0.0939. The molecular formula is C21H17ClFN7O. The van der Waals surface area contributed by atoms with Crippen LogP contribution in [0, 0.1) is 0 Å². The Labute approximate surface area is 182 Å². The summed E-state index contributed by atoms with van der Waals surface area (Å²) in [7, 11) is 0. The zero-order valence-corrected chi connectivity index (χ0v) is 17.2. The van der Waals surface area contributed by atoms with Crippen molar-refractivity contribution in [3.63, 3.8) is 0 Å². The van der Waals surface area contributed by atoms with Gasteiger partial charge in [-0.3, -0.25) is 19.7 Å².